The highest BCUT2D eigenvalue weighted by Gasteiger charge is 2.19. The fraction of sp³-hybridized carbons (Fsp3) is 0.320. The molecule has 0 radical (unpaired) electrons. The summed E-state index contributed by atoms with van der Waals surface area (Å²) < 4.78 is 13.6. The Morgan fingerprint density at radius 3 is 2.23 bits per heavy atom. The highest BCUT2D eigenvalue weighted by Crippen LogP contribution is 2.27. The van der Waals surface area contributed by atoms with Crippen molar-refractivity contribution in [3.63, 3.8) is 0 Å². The van der Waals surface area contributed by atoms with Crippen molar-refractivity contribution in [3.05, 3.63) is 80.7 Å². The molecule has 0 saturated carbocycles. The molecule has 4 rings (SSSR count). The number of pyridine rings is 1. The molecule has 1 saturated heterocycles. The Balaban J connectivity index is 1.52. The summed E-state index contributed by atoms with van der Waals surface area (Å²) in [4.78, 5) is 18.0. The smallest absolute Gasteiger partial charge is 0.208 e. The Hall–Kier alpha value is -2.43. The van der Waals surface area contributed by atoms with E-state index in [0.717, 1.165) is 41.9 Å². The summed E-state index contributed by atoms with van der Waals surface area (Å²) in [6.45, 7) is 5.97. The number of likely N-dealkylation sites (tertiary alicyclic amines) is 1. The van der Waals surface area contributed by atoms with Crippen LogP contribution in [0.5, 0.6) is 0 Å². The summed E-state index contributed by atoms with van der Waals surface area (Å²) in [6.07, 6.45) is 0.918. The lowest BCUT2D eigenvalue weighted by molar-refractivity contribution is 0.133. The maximum atomic E-state index is 13.6. The fourth-order valence-electron chi connectivity index (χ4n) is 4.23. The maximum Gasteiger partial charge on any atom is 0.208 e. The molecule has 0 aliphatic carbocycles. The first kappa shape index (κ1) is 20.8. The average Bonchev–Trinajstić information content (AvgIpc) is 2.73. The van der Waals surface area contributed by atoms with Crippen LogP contribution >= 0.6 is 11.6 Å². The van der Waals surface area contributed by atoms with Gasteiger partial charge in [-0.25, -0.2) is 4.39 Å². The van der Waals surface area contributed by atoms with Gasteiger partial charge in [-0.2, -0.15) is 0 Å². The number of aromatic nitrogens is 1. The number of piperidine rings is 1. The van der Waals surface area contributed by atoms with Gasteiger partial charge in [0.15, 0.2) is 0 Å². The quantitative estimate of drug-likeness (QED) is 0.564. The highest BCUT2D eigenvalue weighted by atomic mass is 35.5. The van der Waals surface area contributed by atoms with Crippen LogP contribution in [0.25, 0.3) is 22.3 Å². The molecule has 30 heavy (non-hydrogen) atoms. The van der Waals surface area contributed by atoms with Gasteiger partial charge in [-0.1, -0.05) is 60.1 Å². The van der Waals surface area contributed by atoms with Gasteiger partial charge < -0.3 is 4.98 Å². The fourth-order valence-corrected chi connectivity index (χ4v) is 4.37. The number of nitrogens with zero attached hydrogens (tertiary/aromatic N) is 1. The first-order valence-electron chi connectivity index (χ1n) is 10.4. The zero-order chi connectivity index (χ0) is 21.3. The largest absolute Gasteiger partial charge is 0.361 e. The summed E-state index contributed by atoms with van der Waals surface area (Å²) in [6, 6.07) is 16.4. The molecule has 156 valence electrons. The van der Waals surface area contributed by atoms with Gasteiger partial charge in [0.1, 0.15) is 11.2 Å². The number of aromatic amines is 1. The van der Waals surface area contributed by atoms with E-state index < -0.39 is 6.17 Å². The summed E-state index contributed by atoms with van der Waals surface area (Å²) in [7, 11) is 0. The van der Waals surface area contributed by atoms with Crippen molar-refractivity contribution < 1.29 is 4.39 Å². The second-order valence-electron chi connectivity index (χ2n) is 8.14. The molecule has 1 unspecified atom stereocenters. The van der Waals surface area contributed by atoms with Crippen molar-refractivity contribution in [1.29, 1.82) is 0 Å². The molecule has 1 aliphatic heterocycles. The zero-order valence-corrected chi connectivity index (χ0v) is 18.1. The monoisotopic (exact) mass is 424 g/mol. The Kier molecular flexibility index (Phi) is 6.07. The minimum absolute atomic E-state index is 0.143. The molecule has 0 bridgehead atoms. The Labute approximate surface area is 181 Å². The average molecular weight is 425 g/mol. The van der Waals surface area contributed by atoms with E-state index in [9.17, 15) is 9.18 Å². The van der Waals surface area contributed by atoms with Gasteiger partial charge in [-0.15, -0.1) is 0 Å². The number of hydrogen-bond donors (Lipinski definition) is 1. The minimum Gasteiger partial charge on any atom is -0.361 e. The van der Waals surface area contributed by atoms with E-state index in [1.165, 1.54) is 5.56 Å². The number of aryl methyl sites for hydroxylation is 2. The zero-order valence-electron chi connectivity index (χ0n) is 17.3. The number of H-pyrrole nitrogens is 1. The topological polar surface area (TPSA) is 36.1 Å². The lowest BCUT2D eigenvalue weighted by Crippen LogP contribution is -2.35. The van der Waals surface area contributed by atoms with E-state index in [1.54, 1.807) is 6.92 Å². The molecular formula is C25H26ClFN2O. The Morgan fingerprint density at radius 1 is 1.00 bits per heavy atom. The van der Waals surface area contributed by atoms with Gasteiger partial charge in [-0.05, 0) is 55.5 Å². The van der Waals surface area contributed by atoms with Gasteiger partial charge in [0, 0.05) is 30.0 Å². The summed E-state index contributed by atoms with van der Waals surface area (Å²) in [5.74, 6) is 0. The van der Waals surface area contributed by atoms with E-state index in [4.69, 9.17) is 11.6 Å². The van der Waals surface area contributed by atoms with Gasteiger partial charge in [0.25, 0.3) is 0 Å². The van der Waals surface area contributed by atoms with Crippen molar-refractivity contribution in [3.8, 4) is 22.3 Å². The Morgan fingerprint density at radius 2 is 1.60 bits per heavy atom. The van der Waals surface area contributed by atoms with Crippen molar-refractivity contribution in [2.24, 2.45) is 0 Å². The molecule has 1 N–H and O–H groups in total. The van der Waals surface area contributed by atoms with Crippen LogP contribution in [0.1, 0.15) is 29.8 Å². The number of benzene rings is 2. The van der Waals surface area contributed by atoms with Crippen LogP contribution in [0, 0.1) is 13.8 Å². The summed E-state index contributed by atoms with van der Waals surface area (Å²) in [5.41, 5.74) is 6.21. The molecular weight excluding hydrogens is 399 g/mol. The normalized spacial score (nSPS) is 17.3. The second kappa shape index (κ2) is 8.75. The van der Waals surface area contributed by atoms with E-state index in [-0.39, 0.29) is 10.5 Å². The SMILES string of the molecule is Cc1[nH]c(C)c(-c2ccc(-c3ccc(CN4CCCC(F)C4)cc3)cc2)c(=O)c1Cl. The van der Waals surface area contributed by atoms with E-state index in [1.807, 2.05) is 31.2 Å². The van der Waals surface area contributed by atoms with Gasteiger partial charge >= 0.3 is 0 Å². The van der Waals surface area contributed by atoms with Crippen molar-refractivity contribution in [2.75, 3.05) is 13.1 Å². The Bertz CT molecular complexity index is 1090. The lowest BCUT2D eigenvalue weighted by Gasteiger charge is -2.28. The summed E-state index contributed by atoms with van der Waals surface area (Å²) in [5, 5.41) is 0.239. The van der Waals surface area contributed by atoms with E-state index in [2.05, 4.69) is 34.1 Å². The highest BCUT2D eigenvalue weighted by molar-refractivity contribution is 6.31. The second-order valence-corrected chi connectivity index (χ2v) is 8.52. The van der Waals surface area contributed by atoms with Crippen LogP contribution in [0.2, 0.25) is 5.02 Å². The van der Waals surface area contributed by atoms with E-state index >= 15 is 0 Å². The lowest BCUT2D eigenvalue weighted by atomic mass is 9.98. The molecule has 2 aromatic carbocycles. The third kappa shape index (κ3) is 4.35. The summed E-state index contributed by atoms with van der Waals surface area (Å²) >= 11 is 6.16. The van der Waals surface area contributed by atoms with Crippen LogP contribution < -0.4 is 5.43 Å². The van der Waals surface area contributed by atoms with Crippen molar-refractivity contribution in [2.45, 2.75) is 39.4 Å². The standard InChI is InChI=1S/C25H26ClFN2O/c1-16-23(25(30)24(26)17(2)28-16)21-11-9-20(10-12-21)19-7-5-18(6-8-19)14-29-13-3-4-22(27)15-29/h5-12,22H,3-4,13-15H2,1-2H3,(H,28,30). The van der Waals surface area contributed by atoms with E-state index in [0.29, 0.717) is 24.2 Å². The number of alkyl halides is 1. The first-order chi connectivity index (χ1) is 14.4. The van der Waals surface area contributed by atoms with Gasteiger partial charge in [0.05, 0.1) is 0 Å². The van der Waals surface area contributed by atoms with Crippen LogP contribution in [0.4, 0.5) is 4.39 Å². The third-order valence-electron chi connectivity index (χ3n) is 5.82. The minimum atomic E-state index is -0.698. The van der Waals surface area contributed by atoms with Crippen molar-refractivity contribution in [1.82, 2.24) is 9.88 Å². The number of nitrogens with one attached hydrogen (secondary N) is 1. The number of halogens is 2. The van der Waals surface area contributed by atoms with Crippen LogP contribution in [-0.4, -0.2) is 29.1 Å². The third-order valence-corrected chi connectivity index (χ3v) is 6.28. The molecule has 1 atom stereocenters. The predicted octanol–water partition coefficient (Wildman–Crippen LogP) is 5.91. The molecule has 0 amide bonds. The van der Waals surface area contributed by atoms with Crippen LogP contribution in [0.3, 0.4) is 0 Å². The van der Waals surface area contributed by atoms with Gasteiger partial charge in [-0.3, -0.25) is 9.69 Å². The molecule has 0 spiro atoms. The van der Waals surface area contributed by atoms with Crippen LogP contribution in [-0.2, 0) is 6.54 Å². The molecule has 1 aliphatic rings. The molecule has 3 nitrogen and oxygen atoms in total. The molecule has 1 aromatic heterocycles. The predicted molar refractivity (Wildman–Crippen MR) is 122 cm³/mol. The molecule has 1 fully saturated rings. The maximum absolute atomic E-state index is 13.6. The number of rotatable bonds is 4. The van der Waals surface area contributed by atoms with Crippen LogP contribution in [0.15, 0.2) is 53.3 Å². The number of hydrogen-bond acceptors (Lipinski definition) is 2. The molecule has 2 heterocycles. The first-order valence-corrected chi connectivity index (χ1v) is 10.8. The molecule has 3 aromatic rings. The van der Waals surface area contributed by atoms with Gasteiger partial charge in [0.2, 0.25) is 5.43 Å². The van der Waals surface area contributed by atoms with Crippen molar-refractivity contribution >= 4 is 11.6 Å². The molecule has 5 heteroatoms.